The van der Waals surface area contributed by atoms with E-state index in [0.29, 0.717) is 0 Å². The molecule has 0 radical (unpaired) electrons. The molecule has 0 bridgehead atoms. The average Bonchev–Trinajstić information content (AvgIpc) is 2.99. The highest BCUT2D eigenvalue weighted by Gasteiger charge is 2.23. The highest BCUT2D eigenvalue weighted by molar-refractivity contribution is 6.19. The molecule has 2 fully saturated rings. The first-order chi connectivity index (χ1) is 6.40. The molecule has 74 valence electrons. The van der Waals surface area contributed by atoms with Crippen molar-refractivity contribution in [1.29, 1.82) is 0 Å². The maximum Gasteiger partial charge on any atom is 0.0436 e. The van der Waals surface area contributed by atoms with Gasteiger partial charge in [-0.1, -0.05) is 30.9 Å². The summed E-state index contributed by atoms with van der Waals surface area (Å²) in [7, 11) is 0. The van der Waals surface area contributed by atoms with Crippen molar-refractivity contribution in [2.45, 2.75) is 44.9 Å². The van der Waals surface area contributed by atoms with E-state index in [4.69, 9.17) is 11.6 Å². The van der Waals surface area contributed by atoms with Crippen LogP contribution in [0.1, 0.15) is 44.9 Å². The van der Waals surface area contributed by atoms with Gasteiger partial charge in [0.15, 0.2) is 0 Å². The predicted molar refractivity (Wildman–Crippen MR) is 58.1 cm³/mol. The number of alkyl halides is 1. The lowest BCUT2D eigenvalue weighted by atomic mass is 9.84. The maximum atomic E-state index is 6.00. The van der Waals surface area contributed by atoms with Crippen molar-refractivity contribution >= 4 is 11.6 Å². The summed E-state index contributed by atoms with van der Waals surface area (Å²) < 4.78 is 0. The molecule has 2 saturated carbocycles. The monoisotopic (exact) mass is 198 g/mol. The van der Waals surface area contributed by atoms with Crippen LogP contribution in [-0.4, -0.2) is 5.88 Å². The molecular weight excluding hydrogens is 180 g/mol. The van der Waals surface area contributed by atoms with Crippen LogP contribution >= 0.6 is 11.6 Å². The summed E-state index contributed by atoms with van der Waals surface area (Å²) in [5, 5.41) is 0. The van der Waals surface area contributed by atoms with E-state index in [-0.39, 0.29) is 0 Å². The molecule has 0 unspecified atom stereocenters. The van der Waals surface area contributed by atoms with Gasteiger partial charge in [-0.3, -0.25) is 0 Å². The Morgan fingerprint density at radius 2 is 1.77 bits per heavy atom. The summed E-state index contributed by atoms with van der Waals surface area (Å²) in [5.41, 5.74) is 1.56. The molecule has 0 saturated heterocycles. The zero-order valence-corrected chi connectivity index (χ0v) is 9.02. The van der Waals surface area contributed by atoms with Crippen molar-refractivity contribution in [2.24, 2.45) is 11.8 Å². The van der Waals surface area contributed by atoms with E-state index in [2.05, 4.69) is 6.08 Å². The molecule has 0 aromatic rings. The lowest BCUT2D eigenvalue weighted by Crippen LogP contribution is -2.10. The van der Waals surface area contributed by atoms with Crippen LogP contribution < -0.4 is 0 Å². The Bertz CT molecular complexity index is 185. The van der Waals surface area contributed by atoms with Crippen molar-refractivity contribution in [3.05, 3.63) is 11.6 Å². The van der Waals surface area contributed by atoms with E-state index in [1.165, 1.54) is 44.9 Å². The Labute approximate surface area is 86.4 Å². The summed E-state index contributed by atoms with van der Waals surface area (Å²) in [4.78, 5) is 0. The molecule has 2 aliphatic rings. The average molecular weight is 199 g/mol. The van der Waals surface area contributed by atoms with Crippen molar-refractivity contribution in [3.8, 4) is 0 Å². The van der Waals surface area contributed by atoms with E-state index < -0.39 is 0 Å². The number of hydrogen-bond acceptors (Lipinski definition) is 0. The quantitative estimate of drug-likeness (QED) is 0.472. The SMILES string of the molecule is ClCC(=CC1CC1)C1CCCCC1. The lowest BCUT2D eigenvalue weighted by Gasteiger charge is -2.23. The van der Waals surface area contributed by atoms with Crippen LogP contribution in [0.15, 0.2) is 11.6 Å². The molecule has 13 heavy (non-hydrogen) atoms. The zero-order valence-electron chi connectivity index (χ0n) is 8.27. The molecule has 2 aliphatic carbocycles. The minimum absolute atomic E-state index is 0.779. The van der Waals surface area contributed by atoms with Gasteiger partial charge in [-0.2, -0.15) is 0 Å². The summed E-state index contributed by atoms with van der Waals surface area (Å²) in [6.45, 7) is 0. The lowest BCUT2D eigenvalue weighted by molar-refractivity contribution is 0.402. The second-order valence-electron chi connectivity index (χ2n) is 4.55. The minimum atomic E-state index is 0.779. The van der Waals surface area contributed by atoms with Crippen LogP contribution in [-0.2, 0) is 0 Å². The molecule has 0 atom stereocenters. The molecule has 0 heterocycles. The minimum Gasteiger partial charge on any atom is -0.122 e. The topological polar surface area (TPSA) is 0 Å². The molecule has 0 aliphatic heterocycles. The standard InChI is InChI=1S/C12H19Cl/c13-9-12(8-10-6-7-10)11-4-2-1-3-5-11/h8,10-11H,1-7,9H2. The van der Waals surface area contributed by atoms with Gasteiger partial charge in [0.05, 0.1) is 0 Å². The fourth-order valence-electron chi connectivity index (χ4n) is 2.33. The van der Waals surface area contributed by atoms with Gasteiger partial charge >= 0.3 is 0 Å². The molecule has 1 heteroatoms. The van der Waals surface area contributed by atoms with Gasteiger partial charge < -0.3 is 0 Å². The molecular formula is C12H19Cl. The van der Waals surface area contributed by atoms with Crippen LogP contribution in [0.4, 0.5) is 0 Å². The van der Waals surface area contributed by atoms with Gasteiger partial charge in [-0.15, -0.1) is 11.6 Å². The summed E-state index contributed by atoms with van der Waals surface area (Å²) >= 11 is 6.00. The Morgan fingerprint density at radius 1 is 1.08 bits per heavy atom. The van der Waals surface area contributed by atoms with E-state index in [1.54, 1.807) is 5.57 Å². The first-order valence-corrected chi connectivity index (χ1v) is 6.20. The van der Waals surface area contributed by atoms with Gasteiger partial charge in [0.1, 0.15) is 0 Å². The van der Waals surface area contributed by atoms with Gasteiger partial charge in [-0.05, 0) is 37.5 Å². The molecule has 0 nitrogen and oxygen atoms in total. The van der Waals surface area contributed by atoms with E-state index in [0.717, 1.165) is 17.7 Å². The fraction of sp³-hybridized carbons (Fsp3) is 0.833. The molecule has 0 N–H and O–H groups in total. The Morgan fingerprint density at radius 3 is 2.31 bits per heavy atom. The van der Waals surface area contributed by atoms with Crippen LogP contribution in [0.5, 0.6) is 0 Å². The van der Waals surface area contributed by atoms with E-state index >= 15 is 0 Å². The van der Waals surface area contributed by atoms with Gasteiger partial charge in [0, 0.05) is 5.88 Å². The molecule has 0 amide bonds. The van der Waals surface area contributed by atoms with Crippen molar-refractivity contribution < 1.29 is 0 Å². The second kappa shape index (κ2) is 4.50. The van der Waals surface area contributed by atoms with E-state index in [9.17, 15) is 0 Å². The highest BCUT2D eigenvalue weighted by Crippen LogP contribution is 2.36. The second-order valence-corrected chi connectivity index (χ2v) is 4.81. The third-order valence-electron chi connectivity index (χ3n) is 3.36. The van der Waals surface area contributed by atoms with Gasteiger partial charge in [0.2, 0.25) is 0 Å². The maximum absolute atomic E-state index is 6.00. The number of rotatable bonds is 3. The molecule has 0 spiro atoms. The Balaban J connectivity index is 1.93. The van der Waals surface area contributed by atoms with Crippen molar-refractivity contribution in [1.82, 2.24) is 0 Å². The van der Waals surface area contributed by atoms with Crippen LogP contribution in [0.3, 0.4) is 0 Å². The normalized spacial score (nSPS) is 26.4. The number of allylic oxidation sites excluding steroid dienone is 2. The molecule has 0 aromatic carbocycles. The summed E-state index contributed by atoms with van der Waals surface area (Å²) in [5.74, 6) is 2.52. The third-order valence-corrected chi connectivity index (χ3v) is 3.66. The predicted octanol–water partition coefficient (Wildman–Crippen LogP) is 4.14. The number of hydrogen-bond donors (Lipinski definition) is 0. The smallest absolute Gasteiger partial charge is 0.0436 e. The first kappa shape index (κ1) is 9.58. The third kappa shape index (κ3) is 2.74. The Kier molecular flexibility index (Phi) is 3.32. The van der Waals surface area contributed by atoms with E-state index in [1.807, 2.05) is 0 Å². The number of halogens is 1. The zero-order chi connectivity index (χ0) is 9.10. The first-order valence-electron chi connectivity index (χ1n) is 5.66. The summed E-state index contributed by atoms with van der Waals surface area (Å²) in [6.07, 6.45) is 12.4. The summed E-state index contributed by atoms with van der Waals surface area (Å²) in [6, 6.07) is 0. The molecule has 0 aromatic heterocycles. The van der Waals surface area contributed by atoms with Crippen molar-refractivity contribution in [3.63, 3.8) is 0 Å². The Hall–Kier alpha value is 0.0300. The van der Waals surface area contributed by atoms with Crippen molar-refractivity contribution in [2.75, 3.05) is 5.88 Å². The highest BCUT2D eigenvalue weighted by atomic mass is 35.5. The van der Waals surface area contributed by atoms with Crippen LogP contribution in [0.25, 0.3) is 0 Å². The van der Waals surface area contributed by atoms with Gasteiger partial charge in [0.25, 0.3) is 0 Å². The van der Waals surface area contributed by atoms with Crippen LogP contribution in [0.2, 0.25) is 0 Å². The largest absolute Gasteiger partial charge is 0.122 e. The fourth-order valence-corrected chi connectivity index (χ4v) is 2.64. The van der Waals surface area contributed by atoms with Gasteiger partial charge in [-0.25, -0.2) is 0 Å². The van der Waals surface area contributed by atoms with Crippen LogP contribution in [0, 0.1) is 11.8 Å². The molecule has 2 rings (SSSR count).